The summed E-state index contributed by atoms with van der Waals surface area (Å²) in [5, 5.41) is 0. The fourth-order valence-corrected chi connectivity index (χ4v) is 2.35. The van der Waals surface area contributed by atoms with Crippen molar-refractivity contribution in [1.29, 1.82) is 0 Å². The Balaban J connectivity index is 1.67. The molecule has 2 N–H and O–H groups in total. The van der Waals surface area contributed by atoms with Crippen molar-refractivity contribution in [2.45, 2.75) is 32.7 Å². The predicted molar refractivity (Wildman–Crippen MR) is 75.1 cm³/mol. The monoisotopic (exact) mass is 248 g/mol. The molecule has 0 spiro atoms. The normalized spacial score (nSPS) is 20.3. The molecule has 3 nitrogen and oxygen atoms in total. The predicted octanol–water partition coefficient (Wildman–Crippen LogP) is 2.11. The summed E-state index contributed by atoms with van der Waals surface area (Å²) in [4.78, 5) is 2.43. The number of likely N-dealkylation sites (tertiary alicyclic amines) is 1. The number of nitrogens with zero attached hydrogens (tertiary/aromatic N) is 1. The number of aryl methyl sites for hydroxylation is 2. The van der Waals surface area contributed by atoms with E-state index in [9.17, 15) is 0 Å². The van der Waals surface area contributed by atoms with Crippen molar-refractivity contribution >= 4 is 0 Å². The van der Waals surface area contributed by atoms with Crippen LogP contribution in [-0.4, -0.2) is 37.2 Å². The largest absolute Gasteiger partial charge is 0.494 e. The lowest BCUT2D eigenvalue weighted by atomic mass is 10.1. The summed E-state index contributed by atoms with van der Waals surface area (Å²) in [5.74, 6) is 0.983. The maximum atomic E-state index is 5.88. The van der Waals surface area contributed by atoms with E-state index < -0.39 is 0 Å². The SMILES string of the molecule is Cc1ccc(OCCCN2CC[C@H](N)C2)cc1C. The van der Waals surface area contributed by atoms with Gasteiger partial charge in [0, 0.05) is 19.1 Å². The average molecular weight is 248 g/mol. The van der Waals surface area contributed by atoms with Crippen LogP contribution in [0.5, 0.6) is 5.75 Å². The fourth-order valence-electron chi connectivity index (χ4n) is 2.35. The van der Waals surface area contributed by atoms with E-state index in [1.54, 1.807) is 0 Å². The van der Waals surface area contributed by atoms with Crippen LogP contribution in [0.3, 0.4) is 0 Å². The fraction of sp³-hybridized carbons (Fsp3) is 0.600. The zero-order valence-electron chi connectivity index (χ0n) is 11.5. The summed E-state index contributed by atoms with van der Waals surface area (Å²) in [6.45, 7) is 8.31. The third kappa shape index (κ3) is 3.72. The molecular weight excluding hydrogens is 224 g/mol. The number of hydrogen-bond acceptors (Lipinski definition) is 3. The van der Waals surface area contributed by atoms with E-state index in [1.165, 1.54) is 11.1 Å². The van der Waals surface area contributed by atoms with Gasteiger partial charge in [0.05, 0.1) is 6.61 Å². The first kappa shape index (κ1) is 13.4. The van der Waals surface area contributed by atoms with Crippen LogP contribution in [-0.2, 0) is 0 Å². The quantitative estimate of drug-likeness (QED) is 0.811. The molecule has 100 valence electrons. The smallest absolute Gasteiger partial charge is 0.119 e. The molecule has 0 radical (unpaired) electrons. The molecule has 3 heteroatoms. The molecule has 1 saturated heterocycles. The van der Waals surface area contributed by atoms with Gasteiger partial charge < -0.3 is 15.4 Å². The number of rotatable bonds is 5. The molecule has 1 atom stereocenters. The molecule has 0 saturated carbocycles. The molecule has 0 aliphatic carbocycles. The van der Waals surface area contributed by atoms with E-state index in [1.807, 2.05) is 6.07 Å². The van der Waals surface area contributed by atoms with Crippen molar-refractivity contribution < 1.29 is 4.74 Å². The lowest BCUT2D eigenvalue weighted by Crippen LogP contribution is -2.28. The minimum absolute atomic E-state index is 0.380. The highest BCUT2D eigenvalue weighted by atomic mass is 16.5. The molecule has 1 heterocycles. The summed E-state index contributed by atoms with van der Waals surface area (Å²) in [5.41, 5.74) is 8.48. The van der Waals surface area contributed by atoms with E-state index in [-0.39, 0.29) is 0 Å². The summed E-state index contributed by atoms with van der Waals surface area (Å²) in [6, 6.07) is 6.66. The van der Waals surface area contributed by atoms with Gasteiger partial charge in [-0.15, -0.1) is 0 Å². The molecular formula is C15H24N2O. The Hall–Kier alpha value is -1.06. The summed E-state index contributed by atoms with van der Waals surface area (Å²) in [6.07, 6.45) is 2.21. The van der Waals surface area contributed by atoms with E-state index >= 15 is 0 Å². The Bertz CT molecular complexity index is 392. The van der Waals surface area contributed by atoms with Crippen molar-refractivity contribution in [3.05, 3.63) is 29.3 Å². The van der Waals surface area contributed by atoms with E-state index in [2.05, 4.69) is 30.9 Å². The number of hydrogen-bond donors (Lipinski definition) is 1. The highest BCUT2D eigenvalue weighted by molar-refractivity contribution is 5.33. The topological polar surface area (TPSA) is 38.5 Å². The van der Waals surface area contributed by atoms with E-state index in [0.29, 0.717) is 6.04 Å². The van der Waals surface area contributed by atoms with Crippen LogP contribution in [0, 0.1) is 13.8 Å². The van der Waals surface area contributed by atoms with Crippen LogP contribution < -0.4 is 10.5 Å². The first-order valence-electron chi connectivity index (χ1n) is 6.83. The molecule has 1 aliphatic rings. The van der Waals surface area contributed by atoms with Crippen molar-refractivity contribution in [1.82, 2.24) is 4.90 Å². The van der Waals surface area contributed by atoms with E-state index in [4.69, 9.17) is 10.5 Å². The lowest BCUT2D eigenvalue weighted by molar-refractivity contribution is 0.262. The molecule has 18 heavy (non-hydrogen) atoms. The molecule has 1 aromatic carbocycles. The molecule has 2 rings (SSSR count). The molecule has 1 fully saturated rings. The third-order valence-corrected chi connectivity index (χ3v) is 3.67. The lowest BCUT2D eigenvalue weighted by Gasteiger charge is -2.15. The Morgan fingerprint density at radius 1 is 1.33 bits per heavy atom. The van der Waals surface area contributed by atoms with Crippen molar-refractivity contribution in [2.24, 2.45) is 5.73 Å². The van der Waals surface area contributed by atoms with Crippen molar-refractivity contribution in [2.75, 3.05) is 26.2 Å². The second kappa shape index (κ2) is 6.21. The van der Waals surface area contributed by atoms with Gasteiger partial charge in [-0.25, -0.2) is 0 Å². The Kier molecular flexibility index (Phi) is 4.61. The van der Waals surface area contributed by atoms with Crippen LogP contribution in [0.15, 0.2) is 18.2 Å². The second-order valence-corrected chi connectivity index (χ2v) is 5.30. The molecule has 0 aromatic heterocycles. The van der Waals surface area contributed by atoms with Gasteiger partial charge >= 0.3 is 0 Å². The Labute approximate surface area is 110 Å². The summed E-state index contributed by atoms with van der Waals surface area (Å²) >= 11 is 0. The van der Waals surface area contributed by atoms with Gasteiger partial charge in [0.15, 0.2) is 0 Å². The highest BCUT2D eigenvalue weighted by Gasteiger charge is 2.17. The molecule has 1 aliphatic heterocycles. The zero-order chi connectivity index (χ0) is 13.0. The Morgan fingerprint density at radius 2 is 2.17 bits per heavy atom. The Morgan fingerprint density at radius 3 is 2.83 bits per heavy atom. The first-order chi connectivity index (χ1) is 8.65. The van der Waals surface area contributed by atoms with Gasteiger partial charge in [-0.3, -0.25) is 0 Å². The van der Waals surface area contributed by atoms with Gasteiger partial charge in [-0.05, 0) is 56.5 Å². The maximum absolute atomic E-state index is 5.88. The third-order valence-electron chi connectivity index (χ3n) is 3.67. The van der Waals surface area contributed by atoms with Gasteiger partial charge in [-0.1, -0.05) is 6.07 Å². The highest BCUT2D eigenvalue weighted by Crippen LogP contribution is 2.16. The van der Waals surface area contributed by atoms with Crippen LogP contribution >= 0.6 is 0 Å². The average Bonchev–Trinajstić information content (AvgIpc) is 2.75. The maximum Gasteiger partial charge on any atom is 0.119 e. The van der Waals surface area contributed by atoms with Gasteiger partial charge in [0.25, 0.3) is 0 Å². The zero-order valence-corrected chi connectivity index (χ0v) is 11.5. The minimum atomic E-state index is 0.380. The summed E-state index contributed by atoms with van der Waals surface area (Å²) in [7, 11) is 0. The molecule has 0 unspecified atom stereocenters. The molecule has 1 aromatic rings. The number of nitrogens with two attached hydrogens (primary N) is 1. The molecule has 0 bridgehead atoms. The van der Waals surface area contributed by atoms with Gasteiger partial charge in [0.1, 0.15) is 5.75 Å². The first-order valence-corrected chi connectivity index (χ1v) is 6.83. The molecule has 0 amide bonds. The van der Waals surface area contributed by atoms with Crippen molar-refractivity contribution in [3.8, 4) is 5.75 Å². The van der Waals surface area contributed by atoms with Crippen LogP contribution in [0.1, 0.15) is 24.0 Å². The number of ether oxygens (including phenoxy) is 1. The number of benzene rings is 1. The van der Waals surface area contributed by atoms with E-state index in [0.717, 1.165) is 44.8 Å². The van der Waals surface area contributed by atoms with Crippen molar-refractivity contribution in [3.63, 3.8) is 0 Å². The van der Waals surface area contributed by atoms with Gasteiger partial charge in [0.2, 0.25) is 0 Å². The summed E-state index contributed by atoms with van der Waals surface area (Å²) < 4.78 is 5.77. The van der Waals surface area contributed by atoms with Crippen LogP contribution in [0.4, 0.5) is 0 Å². The second-order valence-electron chi connectivity index (χ2n) is 5.30. The van der Waals surface area contributed by atoms with Crippen LogP contribution in [0.25, 0.3) is 0 Å². The minimum Gasteiger partial charge on any atom is -0.494 e. The van der Waals surface area contributed by atoms with Gasteiger partial charge in [-0.2, -0.15) is 0 Å². The van der Waals surface area contributed by atoms with Crippen LogP contribution in [0.2, 0.25) is 0 Å². The standard InChI is InChI=1S/C15H24N2O/c1-12-4-5-15(10-13(12)2)18-9-3-7-17-8-6-14(16)11-17/h4-5,10,14H,3,6-9,11,16H2,1-2H3/t14-/m0/s1.